The molecule has 0 spiro atoms. The lowest BCUT2D eigenvalue weighted by atomic mass is 10.2. The lowest BCUT2D eigenvalue weighted by Crippen LogP contribution is -2.22. The predicted molar refractivity (Wildman–Crippen MR) is 92.4 cm³/mol. The Hall–Kier alpha value is -2.33. The number of nitrogens with one attached hydrogen (secondary N) is 1. The van der Waals surface area contributed by atoms with E-state index in [0.717, 1.165) is 12.1 Å². The molecule has 2 aromatic heterocycles. The second-order valence-electron chi connectivity index (χ2n) is 5.14. The van der Waals surface area contributed by atoms with E-state index in [1.807, 2.05) is 0 Å². The van der Waals surface area contributed by atoms with E-state index >= 15 is 0 Å². The number of amides is 1. The van der Waals surface area contributed by atoms with Crippen LogP contribution in [0.15, 0.2) is 35.1 Å². The summed E-state index contributed by atoms with van der Waals surface area (Å²) in [5.41, 5.74) is 0.907. The summed E-state index contributed by atoms with van der Waals surface area (Å²) < 4.78 is 28.0. The van der Waals surface area contributed by atoms with Crippen molar-refractivity contribution in [1.29, 1.82) is 0 Å². The Balaban J connectivity index is 1.67. The molecule has 25 heavy (non-hydrogen) atoms. The fraction of sp³-hybridized carbons (Fsp3) is 0.200. The number of carbonyl (C=O) groups is 1. The van der Waals surface area contributed by atoms with Crippen molar-refractivity contribution in [2.45, 2.75) is 17.3 Å². The first kappa shape index (κ1) is 17.5. The van der Waals surface area contributed by atoms with E-state index in [-0.39, 0.29) is 5.91 Å². The van der Waals surface area contributed by atoms with E-state index in [1.165, 1.54) is 29.2 Å². The molecule has 0 saturated heterocycles. The van der Waals surface area contributed by atoms with Gasteiger partial charge in [0.05, 0.1) is 10.9 Å². The smallest absolute Gasteiger partial charge is 0.239 e. The lowest BCUT2D eigenvalue weighted by molar-refractivity contribution is -0.115. The van der Waals surface area contributed by atoms with E-state index in [1.54, 1.807) is 30.2 Å². The van der Waals surface area contributed by atoms with Crippen LogP contribution < -0.4 is 5.32 Å². The predicted octanol–water partition coefficient (Wildman–Crippen LogP) is 3.34. The molecule has 2 heterocycles. The van der Waals surface area contributed by atoms with Crippen molar-refractivity contribution in [1.82, 2.24) is 19.7 Å². The summed E-state index contributed by atoms with van der Waals surface area (Å²) in [4.78, 5) is 16.5. The highest BCUT2D eigenvalue weighted by atomic mass is 32.2. The SMILES string of the molecule is C[C@H](Sc1nncn1C)C(=O)Nc1nc(-c2ccc(F)c(F)c2)cs1. The van der Waals surface area contributed by atoms with Crippen molar-refractivity contribution in [3.05, 3.63) is 41.5 Å². The highest BCUT2D eigenvalue weighted by Gasteiger charge is 2.18. The molecule has 3 rings (SSSR count). The average Bonchev–Trinajstić information content (AvgIpc) is 3.20. The first-order chi connectivity index (χ1) is 11.9. The summed E-state index contributed by atoms with van der Waals surface area (Å²) in [5.74, 6) is -2.09. The molecule has 3 aromatic rings. The van der Waals surface area contributed by atoms with Crippen LogP contribution in [0.3, 0.4) is 0 Å². The minimum atomic E-state index is -0.940. The van der Waals surface area contributed by atoms with Crippen LogP contribution in [-0.2, 0) is 11.8 Å². The fourth-order valence-electron chi connectivity index (χ4n) is 1.92. The van der Waals surface area contributed by atoms with Gasteiger partial charge in [-0.2, -0.15) is 0 Å². The Morgan fingerprint density at radius 1 is 1.36 bits per heavy atom. The van der Waals surface area contributed by atoms with E-state index in [4.69, 9.17) is 0 Å². The first-order valence-corrected chi connectivity index (χ1v) is 8.92. The van der Waals surface area contributed by atoms with E-state index in [9.17, 15) is 13.6 Å². The summed E-state index contributed by atoms with van der Waals surface area (Å²) in [5, 5.41) is 12.7. The Bertz CT molecular complexity index is 911. The zero-order chi connectivity index (χ0) is 18.0. The third-order valence-corrected chi connectivity index (χ3v) is 5.18. The Morgan fingerprint density at radius 3 is 2.84 bits per heavy atom. The summed E-state index contributed by atoms with van der Waals surface area (Å²) in [7, 11) is 1.79. The van der Waals surface area contributed by atoms with Gasteiger partial charge in [0.1, 0.15) is 6.33 Å². The third kappa shape index (κ3) is 4.02. The molecule has 6 nitrogen and oxygen atoms in total. The third-order valence-electron chi connectivity index (χ3n) is 3.27. The van der Waals surface area contributed by atoms with Crippen LogP contribution >= 0.6 is 23.1 Å². The summed E-state index contributed by atoms with van der Waals surface area (Å²) in [6.45, 7) is 1.75. The van der Waals surface area contributed by atoms with Crippen LogP contribution in [0.5, 0.6) is 0 Å². The van der Waals surface area contributed by atoms with Crippen LogP contribution in [0.2, 0.25) is 0 Å². The molecule has 0 radical (unpaired) electrons. The largest absolute Gasteiger partial charge is 0.312 e. The normalized spacial score (nSPS) is 12.2. The number of benzene rings is 1. The van der Waals surface area contributed by atoms with Gasteiger partial charge >= 0.3 is 0 Å². The number of anilines is 1. The van der Waals surface area contributed by atoms with Gasteiger partial charge in [-0.1, -0.05) is 11.8 Å². The minimum absolute atomic E-state index is 0.237. The number of thiazole rings is 1. The number of hydrogen-bond acceptors (Lipinski definition) is 6. The Kier molecular flexibility index (Phi) is 5.09. The van der Waals surface area contributed by atoms with Crippen LogP contribution in [-0.4, -0.2) is 30.9 Å². The van der Waals surface area contributed by atoms with Gasteiger partial charge in [-0.3, -0.25) is 4.79 Å². The zero-order valence-corrected chi connectivity index (χ0v) is 14.9. The Labute approximate surface area is 150 Å². The zero-order valence-electron chi connectivity index (χ0n) is 13.2. The molecule has 1 N–H and O–H groups in total. The van der Waals surface area contributed by atoms with Gasteiger partial charge in [0, 0.05) is 18.0 Å². The molecular formula is C15H13F2N5OS2. The van der Waals surface area contributed by atoms with Gasteiger partial charge in [0.2, 0.25) is 5.91 Å². The number of carbonyl (C=O) groups excluding carboxylic acids is 1. The van der Waals surface area contributed by atoms with Gasteiger partial charge in [-0.25, -0.2) is 13.8 Å². The van der Waals surface area contributed by atoms with Gasteiger partial charge in [-0.05, 0) is 25.1 Å². The van der Waals surface area contributed by atoms with Gasteiger partial charge in [0.15, 0.2) is 21.9 Å². The maximum absolute atomic E-state index is 13.3. The monoisotopic (exact) mass is 381 g/mol. The fourth-order valence-corrected chi connectivity index (χ4v) is 3.43. The summed E-state index contributed by atoms with van der Waals surface area (Å²) in [6, 6.07) is 3.55. The number of hydrogen-bond donors (Lipinski definition) is 1. The number of rotatable bonds is 5. The molecular weight excluding hydrogens is 368 g/mol. The summed E-state index contributed by atoms with van der Waals surface area (Å²) >= 11 is 2.48. The van der Waals surface area contributed by atoms with Gasteiger partial charge in [0.25, 0.3) is 0 Å². The van der Waals surface area contributed by atoms with Crippen molar-refractivity contribution < 1.29 is 13.6 Å². The van der Waals surface area contributed by atoms with Gasteiger partial charge < -0.3 is 9.88 Å². The van der Waals surface area contributed by atoms with Gasteiger partial charge in [-0.15, -0.1) is 21.5 Å². The van der Waals surface area contributed by atoms with Crippen LogP contribution in [0.4, 0.5) is 13.9 Å². The molecule has 0 aliphatic heterocycles. The summed E-state index contributed by atoms with van der Waals surface area (Å²) in [6.07, 6.45) is 1.56. The molecule has 0 bridgehead atoms. The quantitative estimate of drug-likeness (QED) is 0.687. The van der Waals surface area contributed by atoms with Crippen LogP contribution in [0, 0.1) is 11.6 Å². The van der Waals surface area contributed by atoms with Crippen molar-refractivity contribution >= 4 is 34.1 Å². The maximum Gasteiger partial charge on any atom is 0.239 e. The van der Waals surface area contributed by atoms with E-state index < -0.39 is 16.9 Å². The van der Waals surface area contributed by atoms with E-state index in [2.05, 4.69) is 20.5 Å². The van der Waals surface area contributed by atoms with Crippen LogP contribution in [0.25, 0.3) is 11.3 Å². The molecule has 1 aromatic carbocycles. The van der Waals surface area contributed by atoms with Crippen LogP contribution in [0.1, 0.15) is 6.92 Å². The van der Waals surface area contributed by atoms with Crippen molar-refractivity contribution in [3.63, 3.8) is 0 Å². The number of aromatic nitrogens is 4. The second kappa shape index (κ2) is 7.28. The van der Waals surface area contributed by atoms with Crippen molar-refractivity contribution in [2.75, 3.05) is 5.32 Å². The topological polar surface area (TPSA) is 72.7 Å². The highest BCUT2D eigenvalue weighted by molar-refractivity contribution is 8.00. The lowest BCUT2D eigenvalue weighted by Gasteiger charge is -2.09. The number of nitrogens with zero attached hydrogens (tertiary/aromatic N) is 4. The highest BCUT2D eigenvalue weighted by Crippen LogP contribution is 2.27. The molecule has 1 amide bonds. The number of aryl methyl sites for hydroxylation is 1. The van der Waals surface area contributed by atoms with Crippen molar-refractivity contribution in [3.8, 4) is 11.3 Å². The molecule has 0 unspecified atom stereocenters. The molecule has 0 fully saturated rings. The van der Waals surface area contributed by atoms with Crippen molar-refractivity contribution in [2.24, 2.45) is 7.05 Å². The Morgan fingerprint density at radius 2 is 2.16 bits per heavy atom. The molecule has 0 saturated carbocycles. The number of halogens is 2. The number of thioether (sulfide) groups is 1. The molecule has 1 atom stereocenters. The minimum Gasteiger partial charge on any atom is -0.312 e. The second-order valence-corrected chi connectivity index (χ2v) is 7.31. The first-order valence-electron chi connectivity index (χ1n) is 7.16. The molecule has 0 aliphatic rings. The van der Waals surface area contributed by atoms with E-state index in [0.29, 0.717) is 21.5 Å². The molecule has 130 valence electrons. The standard InChI is InChI=1S/C15H13F2N5OS2/c1-8(25-15-21-18-7-22(15)2)13(23)20-14-19-12(6-24-14)9-3-4-10(16)11(17)5-9/h3-8H,1-2H3,(H,19,20,23)/t8-/m0/s1. The average molecular weight is 381 g/mol. The maximum atomic E-state index is 13.3. The molecule has 10 heteroatoms. The molecule has 0 aliphatic carbocycles.